The standard InChI is InChI=1S/C45H91N2O6P/c1-6-8-10-12-14-16-18-20-21-22-23-24-25-27-29-31-33-35-37-39-45(49)46-43(42-53-54(50,51)52-41-40-47(3,4)5)44(48)38-36-34-32-30-28-26-19-17-15-13-11-9-7-2/h36,38,43-44,48H,6-35,37,39-42H2,1-5H3,(H-,46,49,50,51)/p+1. The maximum Gasteiger partial charge on any atom is 0.472 e. The Balaban J connectivity index is 4.32. The van der Waals surface area contributed by atoms with Crippen molar-refractivity contribution in [1.29, 1.82) is 0 Å². The number of carbonyl (C=O) groups is 1. The fourth-order valence-electron chi connectivity index (χ4n) is 6.81. The Bertz CT molecular complexity index is 896. The minimum Gasteiger partial charge on any atom is -0.387 e. The molecule has 0 radical (unpaired) electrons. The van der Waals surface area contributed by atoms with Gasteiger partial charge in [0, 0.05) is 6.42 Å². The third kappa shape index (κ3) is 39.5. The third-order valence-corrected chi connectivity index (χ3v) is 11.5. The first-order valence-electron chi connectivity index (χ1n) is 23.1. The van der Waals surface area contributed by atoms with Crippen molar-refractivity contribution in [3.05, 3.63) is 12.2 Å². The van der Waals surface area contributed by atoms with Crippen LogP contribution in [0.25, 0.3) is 0 Å². The molecule has 0 bridgehead atoms. The van der Waals surface area contributed by atoms with Gasteiger partial charge < -0.3 is 19.8 Å². The van der Waals surface area contributed by atoms with Crippen LogP contribution in [0.2, 0.25) is 0 Å². The Morgan fingerprint density at radius 3 is 1.37 bits per heavy atom. The molecule has 54 heavy (non-hydrogen) atoms. The zero-order valence-electron chi connectivity index (χ0n) is 36.5. The second-order valence-electron chi connectivity index (χ2n) is 17.1. The summed E-state index contributed by atoms with van der Waals surface area (Å²) in [4.78, 5) is 23.1. The van der Waals surface area contributed by atoms with Crippen LogP contribution in [0.4, 0.5) is 0 Å². The van der Waals surface area contributed by atoms with Crippen LogP contribution in [0.15, 0.2) is 12.2 Å². The molecule has 0 aliphatic heterocycles. The van der Waals surface area contributed by atoms with Crippen molar-refractivity contribution in [3.63, 3.8) is 0 Å². The van der Waals surface area contributed by atoms with Gasteiger partial charge in [-0.05, 0) is 19.3 Å². The van der Waals surface area contributed by atoms with E-state index in [1.165, 1.54) is 161 Å². The van der Waals surface area contributed by atoms with E-state index >= 15 is 0 Å². The minimum atomic E-state index is -4.33. The summed E-state index contributed by atoms with van der Waals surface area (Å²) in [7, 11) is 1.58. The molecule has 0 aliphatic carbocycles. The van der Waals surface area contributed by atoms with Gasteiger partial charge in [-0.15, -0.1) is 0 Å². The number of nitrogens with zero attached hydrogens (tertiary/aromatic N) is 1. The average molecular weight is 788 g/mol. The maximum atomic E-state index is 12.9. The van der Waals surface area contributed by atoms with Gasteiger partial charge in [-0.1, -0.05) is 206 Å². The van der Waals surface area contributed by atoms with Crippen LogP contribution in [0.5, 0.6) is 0 Å². The van der Waals surface area contributed by atoms with Crippen molar-refractivity contribution in [1.82, 2.24) is 5.32 Å². The number of hydrogen-bond donors (Lipinski definition) is 3. The maximum absolute atomic E-state index is 12.9. The van der Waals surface area contributed by atoms with Crippen LogP contribution in [0, 0.1) is 0 Å². The van der Waals surface area contributed by atoms with Gasteiger partial charge in [-0.3, -0.25) is 13.8 Å². The lowest BCUT2D eigenvalue weighted by atomic mass is 10.0. The number of quaternary nitrogens is 1. The monoisotopic (exact) mass is 788 g/mol. The van der Waals surface area contributed by atoms with E-state index in [-0.39, 0.29) is 19.1 Å². The fourth-order valence-corrected chi connectivity index (χ4v) is 7.54. The second-order valence-corrected chi connectivity index (χ2v) is 18.6. The molecular formula is C45H92N2O6P+. The quantitative estimate of drug-likeness (QED) is 0.0246. The number of phosphoric ester groups is 1. The number of amides is 1. The molecule has 3 N–H and O–H groups in total. The molecule has 3 unspecified atom stereocenters. The van der Waals surface area contributed by atoms with Crippen molar-refractivity contribution in [2.24, 2.45) is 0 Å². The summed E-state index contributed by atoms with van der Waals surface area (Å²) in [6.07, 6.45) is 42.8. The van der Waals surface area contributed by atoms with Crippen LogP contribution in [0.3, 0.4) is 0 Å². The van der Waals surface area contributed by atoms with E-state index in [4.69, 9.17) is 9.05 Å². The lowest BCUT2D eigenvalue weighted by Gasteiger charge is -2.25. The van der Waals surface area contributed by atoms with E-state index in [1.54, 1.807) is 6.08 Å². The number of carbonyl (C=O) groups excluding carboxylic acids is 1. The minimum absolute atomic E-state index is 0.0646. The molecule has 0 saturated carbocycles. The Morgan fingerprint density at radius 1 is 0.611 bits per heavy atom. The van der Waals surface area contributed by atoms with E-state index < -0.39 is 20.0 Å². The van der Waals surface area contributed by atoms with Crippen molar-refractivity contribution in [2.45, 2.75) is 231 Å². The number of unbranched alkanes of at least 4 members (excludes halogenated alkanes) is 29. The molecule has 0 spiro atoms. The van der Waals surface area contributed by atoms with Gasteiger partial charge in [-0.25, -0.2) is 4.57 Å². The molecule has 9 heteroatoms. The van der Waals surface area contributed by atoms with Crippen LogP contribution >= 0.6 is 7.82 Å². The predicted octanol–water partition coefficient (Wildman–Crippen LogP) is 12.8. The molecule has 1 amide bonds. The Morgan fingerprint density at radius 2 is 0.981 bits per heavy atom. The molecule has 0 aromatic rings. The highest BCUT2D eigenvalue weighted by Crippen LogP contribution is 2.43. The smallest absolute Gasteiger partial charge is 0.387 e. The summed E-state index contributed by atoms with van der Waals surface area (Å²) in [5.74, 6) is -0.174. The van der Waals surface area contributed by atoms with Gasteiger partial charge in [0.2, 0.25) is 5.91 Å². The number of likely N-dealkylation sites (N-methyl/N-ethyl adjacent to an activating group) is 1. The second kappa shape index (κ2) is 37.8. The summed E-state index contributed by atoms with van der Waals surface area (Å²) in [6.45, 7) is 4.83. The number of allylic oxidation sites excluding steroid dienone is 1. The Labute approximate surface area is 335 Å². The van der Waals surface area contributed by atoms with Gasteiger partial charge in [0.25, 0.3) is 0 Å². The van der Waals surface area contributed by atoms with E-state index in [2.05, 4.69) is 19.2 Å². The summed E-state index contributed by atoms with van der Waals surface area (Å²) >= 11 is 0. The molecule has 3 atom stereocenters. The first-order chi connectivity index (χ1) is 26.0. The number of aliphatic hydroxyl groups excluding tert-OH is 1. The molecule has 0 aliphatic rings. The molecule has 0 fully saturated rings. The fraction of sp³-hybridized carbons (Fsp3) is 0.933. The molecule has 0 aromatic heterocycles. The molecular weight excluding hydrogens is 695 g/mol. The van der Waals surface area contributed by atoms with Crippen LogP contribution < -0.4 is 5.32 Å². The number of rotatable bonds is 42. The highest BCUT2D eigenvalue weighted by atomic mass is 31.2. The predicted molar refractivity (Wildman–Crippen MR) is 231 cm³/mol. The summed E-state index contributed by atoms with van der Waals surface area (Å²) < 4.78 is 23.6. The number of aliphatic hydroxyl groups is 1. The van der Waals surface area contributed by atoms with E-state index in [1.807, 2.05) is 27.2 Å². The largest absolute Gasteiger partial charge is 0.472 e. The number of nitrogens with one attached hydrogen (secondary N) is 1. The number of hydrogen-bond acceptors (Lipinski definition) is 5. The normalized spacial score (nSPS) is 14.4. The summed E-state index contributed by atoms with van der Waals surface area (Å²) in [6, 6.07) is -0.839. The first kappa shape index (κ1) is 53.2. The highest BCUT2D eigenvalue weighted by Gasteiger charge is 2.27. The topological polar surface area (TPSA) is 105 Å². The Kier molecular flexibility index (Phi) is 37.3. The van der Waals surface area contributed by atoms with Gasteiger partial charge in [0.15, 0.2) is 0 Å². The van der Waals surface area contributed by atoms with E-state index in [0.29, 0.717) is 17.4 Å². The SMILES string of the molecule is CCCCCCCCCCCCCC=CC(O)C(COP(=O)(O)OCC[N+](C)(C)C)NC(=O)CCCCCCCCCCCCCCCCCCCCC. The zero-order valence-corrected chi connectivity index (χ0v) is 37.4. The van der Waals surface area contributed by atoms with Gasteiger partial charge >= 0.3 is 7.82 Å². The van der Waals surface area contributed by atoms with Crippen molar-refractivity contribution >= 4 is 13.7 Å². The van der Waals surface area contributed by atoms with Crippen molar-refractivity contribution in [2.75, 3.05) is 40.9 Å². The van der Waals surface area contributed by atoms with Crippen LogP contribution in [-0.4, -0.2) is 73.4 Å². The van der Waals surface area contributed by atoms with E-state index in [0.717, 1.165) is 38.5 Å². The van der Waals surface area contributed by atoms with Gasteiger partial charge in [0.1, 0.15) is 13.2 Å². The summed E-state index contributed by atoms with van der Waals surface area (Å²) in [5, 5.41) is 13.8. The lowest BCUT2D eigenvalue weighted by molar-refractivity contribution is -0.870. The highest BCUT2D eigenvalue weighted by molar-refractivity contribution is 7.47. The molecule has 0 heterocycles. The van der Waals surface area contributed by atoms with Gasteiger partial charge in [-0.2, -0.15) is 0 Å². The van der Waals surface area contributed by atoms with Crippen molar-refractivity contribution < 1.29 is 32.9 Å². The first-order valence-corrected chi connectivity index (χ1v) is 24.6. The molecule has 0 aromatic carbocycles. The third-order valence-electron chi connectivity index (χ3n) is 10.5. The van der Waals surface area contributed by atoms with E-state index in [9.17, 15) is 19.4 Å². The van der Waals surface area contributed by atoms with Crippen LogP contribution in [-0.2, 0) is 18.4 Å². The molecule has 0 saturated heterocycles. The van der Waals surface area contributed by atoms with Crippen molar-refractivity contribution in [3.8, 4) is 0 Å². The Hall–Kier alpha value is -0.760. The summed E-state index contributed by atoms with van der Waals surface area (Å²) in [5.41, 5.74) is 0. The van der Waals surface area contributed by atoms with Gasteiger partial charge in [0.05, 0.1) is 39.9 Å². The molecule has 322 valence electrons. The molecule has 8 nitrogen and oxygen atoms in total. The number of phosphoric acid groups is 1. The average Bonchev–Trinajstić information content (AvgIpc) is 3.12. The molecule has 0 rings (SSSR count). The lowest BCUT2D eigenvalue weighted by Crippen LogP contribution is -2.45. The van der Waals surface area contributed by atoms with Crippen LogP contribution in [0.1, 0.15) is 219 Å². The zero-order chi connectivity index (χ0) is 40.0.